The summed E-state index contributed by atoms with van der Waals surface area (Å²) in [5.41, 5.74) is 3.89. The highest BCUT2D eigenvalue weighted by atomic mass is 31.2. The van der Waals surface area contributed by atoms with Crippen LogP contribution in [0.25, 0.3) is 33.1 Å². The minimum absolute atomic E-state index is 0.148. The number of hydrogen-bond acceptors (Lipinski definition) is 6. The van der Waals surface area contributed by atoms with Crippen LogP contribution in [0.4, 0.5) is 5.95 Å². The molecule has 5 rings (SSSR count). The molecule has 0 spiro atoms. The molecule has 3 heterocycles. The Morgan fingerprint density at radius 2 is 1.94 bits per heavy atom. The van der Waals surface area contributed by atoms with Crippen LogP contribution in [0.3, 0.4) is 0 Å². The van der Waals surface area contributed by atoms with E-state index in [1.165, 1.54) is 0 Å². The first-order chi connectivity index (χ1) is 16.2. The number of aromatic nitrogens is 3. The maximum atomic E-state index is 13.1. The van der Waals surface area contributed by atoms with Gasteiger partial charge in [-0.15, -0.1) is 0 Å². The van der Waals surface area contributed by atoms with Crippen molar-refractivity contribution >= 4 is 40.2 Å². The average molecular weight is 473 g/mol. The fourth-order valence-electron chi connectivity index (χ4n) is 4.81. The molecule has 4 aromatic rings. The van der Waals surface area contributed by atoms with Crippen LogP contribution in [0.15, 0.2) is 42.6 Å². The summed E-state index contributed by atoms with van der Waals surface area (Å²) in [4.78, 5) is 13.0. The molecular weight excluding hydrogens is 443 g/mol. The highest BCUT2D eigenvalue weighted by Gasteiger charge is 2.27. The van der Waals surface area contributed by atoms with E-state index in [1.807, 2.05) is 36.5 Å². The number of aromatic amines is 1. The predicted octanol–water partition coefficient (Wildman–Crippen LogP) is 4.84. The summed E-state index contributed by atoms with van der Waals surface area (Å²) in [7, 11) is -2.69. The lowest BCUT2D eigenvalue weighted by atomic mass is 9.91. The second kappa shape index (κ2) is 8.23. The lowest BCUT2D eigenvalue weighted by molar-refractivity contribution is 0.289. The molecule has 0 amide bonds. The van der Waals surface area contributed by atoms with Crippen LogP contribution in [0.5, 0.6) is 0 Å². The third-order valence-electron chi connectivity index (χ3n) is 6.62. The van der Waals surface area contributed by atoms with Crippen LogP contribution in [0.1, 0.15) is 32.3 Å². The van der Waals surface area contributed by atoms with E-state index in [1.54, 1.807) is 19.4 Å². The van der Waals surface area contributed by atoms with Gasteiger partial charge in [0.15, 0.2) is 0 Å². The van der Waals surface area contributed by atoms with Gasteiger partial charge in [-0.25, -0.2) is 9.97 Å². The van der Waals surface area contributed by atoms with Gasteiger partial charge in [0, 0.05) is 40.7 Å². The minimum Gasteiger partial charge on any atom is -0.360 e. The Kier molecular flexibility index (Phi) is 5.47. The van der Waals surface area contributed by atoms with Crippen molar-refractivity contribution in [3.05, 3.63) is 48.2 Å². The number of H-pyrrole nitrogens is 1. The van der Waals surface area contributed by atoms with E-state index in [0.29, 0.717) is 16.8 Å². The summed E-state index contributed by atoms with van der Waals surface area (Å²) < 4.78 is 13.1. The second-order valence-electron chi connectivity index (χ2n) is 10.1. The van der Waals surface area contributed by atoms with Crippen LogP contribution in [-0.2, 0) is 4.57 Å². The Balaban J connectivity index is 1.64. The van der Waals surface area contributed by atoms with Gasteiger partial charge in [-0.2, -0.15) is 5.26 Å². The van der Waals surface area contributed by atoms with Gasteiger partial charge in [0.2, 0.25) is 5.95 Å². The van der Waals surface area contributed by atoms with E-state index in [2.05, 4.69) is 35.5 Å². The molecule has 174 valence electrons. The summed E-state index contributed by atoms with van der Waals surface area (Å²) in [6.45, 7) is 8.70. The van der Waals surface area contributed by atoms with Crippen molar-refractivity contribution in [3.8, 4) is 17.3 Å². The Labute approximate surface area is 199 Å². The zero-order chi connectivity index (χ0) is 24.1. The van der Waals surface area contributed by atoms with Gasteiger partial charge in [0.05, 0.1) is 33.7 Å². The largest absolute Gasteiger partial charge is 0.360 e. The molecule has 1 fully saturated rings. The zero-order valence-electron chi connectivity index (χ0n) is 19.9. The molecule has 3 N–H and O–H groups in total. The van der Waals surface area contributed by atoms with Crippen molar-refractivity contribution in [2.45, 2.75) is 38.3 Å². The van der Waals surface area contributed by atoms with Gasteiger partial charge < -0.3 is 20.2 Å². The Morgan fingerprint density at radius 3 is 2.65 bits per heavy atom. The maximum Gasteiger partial charge on any atom is 0.224 e. The third kappa shape index (κ3) is 4.09. The van der Waals surface area contributed by atoms with Crippen LogP contribution < -0.4 is 15.9 Å². The molecule has 1 atom stereocenters. The summed E-state index contributed by atoms with van der Waals surface area (Å²) in [5, 5.41) is 19.2. The van der Waals surface area contributed by atoms with E-state index in [-0.39, 0.29) is 11.6 Å². The molecule has 7 nitrogen and oxygen atoms in total. The van der Waals surface area contributed by atoms with E-state index >= 15 is 0 Å². The van der Waals surface area contributed by atoms with Crippen molar-refractivity contribution in [2.24, 2.45) is 0 Å². The van der Waals surface area contributed by atoms with Crippen molar-refractivity contribution < 1.29 is 4.57 Å². The first kappa shape index (κ1) is 22.6. The lowest BCUT2D eigenvalue weighted by Gasteiger charge is -2.36. The summed E-state index contributed by atoms with van der Waals surface area (Å²) >= 11 is 0. The smallest absolute Gasteiger partial charge is 0.224 e. The molecule has 1 unspecified atom stereocenters. The topological polar surface area (TPSA) is 106 Å². The fourth-order valence-corrected chi connectivity index (χ4v) is 6.23. The van der Waals surface area contributed by atoms with Crippen LogP contribution in [0, 0.1) is 11.3 Å². The summed E-state index contributed by atoms with van der Waals surface area (Å²) in [5.74, 6) is 0.597. The van der Waals surface area contributed by atoms with Crippen molar-refractivity contribution in [3.63, 3.8) is 0 Å². The van der Waals surface area contributed by atoms with Gasteiger partial charge in [-0.1, -0.05) is 24.3 Å². The molecule has 8 heteroatoms. The van der Waals surface area contributed by atoms with Gasteiger partial charge in [-0.05, 0) is 52.2 Å². The Hall–Kier alpha value is -3.20. The number of nitrogens with one attached hydrogen (secondary N) is 3. The van der Waals surface area contributed by atoms with Gasteiger partial charge in [0.25, 0.3) is 0 Å². The maximum absolute atomic E-state index is 13.1. The molecule has 0 radical (unpaired) electrons. The molecule has 1 saturated heterocycles. The number of rotatable bonds is 4. The lowest BCUT2D eigenvalue weighted by Crippen LogP contribution is -2.50. The predicted molar refractivity (Wildman–Crippen MR) is 139 cm³/mol. The highest BCUT2D eigenvalue weighted by molar-refractivity contribution is 7.70. The standard InChI is InChI=1S/C26H29N6OP/c1-26(2)12-11-17(14-29-26)30-25-31-21-8-6-5-7-19(21)22(32-25)20-15-28-23-18(20)10-9-16(13-27)24(23)34(3,4)33/h5-10,15,17,28-29H,11-12,14H2,1-4H3,(H,30,31,32). The number of hydrogen-bond donors (Lipinski definition) is 3. The first-order valence-corrected chi connectivity index (χ1v) is 14.1. The fraction of sp³-hybridized carbons (Fsp3) is 0.346. The van der Waals surface area contributed by atoms with Gasteiger partial charge >= 0.3 is 0 Å². The number of benzene rings is 2. The molecule has 2 aromatic heterocycles. The van der Waals surface area contributed by atoms with E-state index in [0.717, 1.165) is 52.4 Å². The molecular formula is C26H29N6OP. The van der Waals surface area contributed by atoms with Crippen molar-refractivity contribution in [1.82, 2.24) is 20.3 Å². The van der Waals surface area contributed by atoms with Gasteiger partial charge in [-0.3, -0.25) is 0 Å². The van der Waals surface area contributed by atoms with Gasteiger partial charge in [0.1, 0.15) is 7.14 Å². The molecule has 2 aromatic carbocycles. The SMILES string of the molecule is CC1(C)CCC(Nc2nc(-c3c[nH]c4c(P(C)(C)=O)c(C#N)ccc34)c3ccccc3n2)CN1. The molecule has 0 aliphatic carbocycles. The third-order valence-corrected chi connectivity index (χ3v) is 8.17. The number of nitriles is 1. The summed E-state index contributed by atoms with van der Waals surface area (Å²) in [6.07, 6.45) is 4.01. The van der Waals surface area contributed by atoms with Crippen LogP contribution in [0.2, 0.25) is 0 Å². The van der Waals surface area contributed by atoms with Crippen molar-refractivity contribution in [2.75, 3.05) is 25.2 Å². The Morgan fingerprint density at radius 1 is 1.15 bits per heavy atom. The summed E-state index contributed by atoms with van der Waals surface area (Å²) in [6, 6.07) is 14.1. The van der Waals surface area contributed by atoms with Crippen molar-refractivity contribution in [1.29, 1.82) is 5.26 Å². The first-order valence-electron chi connectivity index (χ1n) is 11.5. The van der Waals surface area contributed by atoms with Crippen LogP contribution >= 0.6 is 7.14 Å². The van der Waals surface area contributed by atoms with E-state index in [4.69, 9.17) is 9.97 Å². The molecule has 34 heavy (non-hydrogen) atoms. The average Bonchev–Trinajstić information content (AvgIpc) is 3.22. The number of para-hydroxylation sites is 1. The number of nitrogens with zero attached hydrogens (tertiary/aromatic N) is 3. The quantitative estimate of drug-likeness (QED) is 0.367. The molecule has 1 aliphatic rings. The number of anilines is 1. The molecule has 1 aliphatic heterocycles. The van der Waals surface area contributed by atoms with E-state index < -0.39 is 7.14 Å². The number of piperidine rings is 1. The van der Waals surface area contributed by atoms with Crippen LogP contribution in [-0.4, -0.2) is 46.4 Å². The zero-order valence-corrected chi connectivity index (χ0v) is 20.8. The van der Waals surface area contributed by atoms with E-state index in [9.17, 15) is 9.83 Å². The number of fused-ring (bicyclic) bond motifs is 2. The highest BCUT2D eigenvalue weighted by Crippen LogP contribution is 2.41. The molecule has 0 saturated carbocycles. The molecule has 0 bridgehead atoms. The Bertz CT molecular complexity index is 1480. The normalized spacial score (nSPS) is 18.1. The minimum atomic E-state index is -2.69. The second-order valence-corrected chi connectivity index (χ2v) is 13.3. The monoisotopic (exact) mass is 472 g/mol.